The molecule has 1 aromatic rings. The maximum absolute atomic E-state index is 11.3. The van der Waals surface area contributed by atoms with Crippen LogP contribution < -0.4 is 0 Å². The SMILES string of the molecule is CC(=O)c1ccc(C(=O)OO)c(O)c1C(C)=O. The number of carbonyl (C=O) groups excluding carboxylic acids is 3. The van der Waals surface area contributed by atoms with Crippen LogP contribution in [0.15, 0.2) is 12.1 Å². The van der Waals surface area contributed by atoms with Gasteiger partial charge in [0.2, 0.25) is 0 Å². The molecule has 0 saturated carbocycles. The second-order valence-corrected chi connectivity index (χ2v) is 3.38. The molecule has 0 aliphatic heterocycles. The van der Waals surface area contributed by atoms with Gasteiger partial charge in [-0.25, -0.2) is 4.79 Å². The molecule has 0 saturated heterocycles. The van der Waals surface area contributed by atoms with E-state index in [4.69, 9.17) is 5.26 Å². The Morgan fingerprint density at radius 3 is 2.00 bits per heavy atom. The van der Waals surface area contributed by atoms with Gasteiger partial charge >= 0.3 is 5.97 Å². The topological polar surface area (TPSA) is 101 Å². The summed E-state index contributed by atoms with van der Waals surface area (Å²) in [6.45, 7) is 2.38. The van der Waals surface area contributed by atoms with Gasteiger partial charge in [-0.1, -0.05) is 0 Å². The molecule has 6 heteroatoms. The summed E-state index contributed by atoms with van der Waals surface area (Å²) in [7, 11) is 0. The number of phenols is 1. The molecular formula is C11H10O6. The molecule has 0 unspecified atom stereocenters. The molecule has 0 heterocycles. The highest BCUT2D eigenvalue weighted by Crippen LogP contribution is 2.27. The molecule has 6 nitrogen and oxygen atoms in total. The minimum atomic E-state index is -1.21. The van der Waals surface area contributed by atoms with Crippen LogP contribution in [0.3, 0.4) is 0 Å². The second kappa shape index (κ2) is 4.75. The van der Waals surface area contributed by atoms with Crippen molar-refractivity contribution < 1.29 is 29.6 Å². The molecular weight excluding hydrogens is 228 g/mol. The first-order chi connectivity index (χ1) is 7.90. The number of carbonyl (C=O) groups is 3. The Morgan fingerprint density at radius 1 is 1.06 bits per heavy atom. The van der Waals surface area contributed by atoms with E-state index < -0.39 is 23.3 Å². The Balaban J connectivity index is 3.55. The first-order valence-electron chi connectivity index (χ1n) is 4.63. The lowest BCUT2D eigenvalue weighted by Crippen LogP contribution is -2.09. The molecule has 0 aliphatic rings. The van der Waals surface area contributed by atoms with Gasteiger partial charge in [-0.2, -0.15) is 5.26 Å². The van der Waals surface area contributed by atoms with Gasteiger partial charge in [0.05, 0.1) is 5.56 Å². The number of rotatable bonds is 3. The van der Waals surface area contributed by atoms with Crippen molar-refractivity contribution in [3.05, 3.63) is 28.8 Å². The van der Waals surface area contributed by atoms with Crippen molar-refractivity contribution in [3.63, 3.8) is 0 Å². The fraction of sp³-hybridized carbons (Fsp3) is 0.182. The average Bonchev–Trinajstić information content (AvgIpc) is 2.26. The third kappa shape index (κ3) is 2.31. The van der Waals surface area contributed by atoms with Crippen LogP contribution in [-0.4, -0.2) is 27.9 Å². The molecule has 0 spiro atoms. The summed E-state index contributed by atoms with van der Waals surface area (Å²) in [4.78, 5) is 37.1. The Kier molecular flexibility index (Phi) is 3.59. The summed E-state index contributed by atoms with van der Waals surface area (Å²) < 4.78 is 0. The molecule has 0 amide bonds. The van der Waals surface area contributed by atoms with E-state index in [9.17, 15) is 19.5 Å². The lowest BCUT2D eigenvalue weighted by Gasteiger charge is -2.09. The van der Waals surface area contributed by atoms with Gasteiger partial charge in [0, 0.05) is 5.56 Å². The molecule has 1 aromatic carbocycles. The fourth-order valence-corrected chi connectivity index (χ4v) is 1.45. The third-order valence-corrected chi connectivity index (χ3v) is 2.21. The largest absolute Gasteiger partial charge is 0.506 e. The van der Waals surface area contributed by atoms with E-state index >= 15 is 0 Å². The second-order valence-electron chi connectivity index (χ2n) is 3.38. The first kappa shape index (κ1) is 12.9. The predicted octanol–water partition coefficient (Wildman–Crippen LogP) is 1.43. The number of phenolic OH excluding ortho intramolecular Hbond substituents is 1. The van der Waals surface area contributed by atoms with Crippen LogP contribution in [0.25, 0.3) is 0 Å². The minimum Gasteiger partial charge on any atom is -0.506 e. The molecule has 0 bridgehead atoms. The van der Waals surface area contributed by atoms with Gasteiger partial charge in [0.15, 0.2) is 11.6 Å². The summed E-state index contributed by atoms with van der Waals surface area (Å²) in [5.74, 6) is -2.88. The van der Waals surface area contributed by atoms with E-state index in [1.807, 2.05) is 0 Å². The van der Waals surface area contributed by atoms with Gasteiger partial charge < -0.3 is 5.11 Å². The highest BCUT2D eigenvalue weighted by atomic mass is 17.1. The molecule has 0 fully saturated rings. The van der Waals surface area contributed by atoms with Gasteiger partial charge in [-0.15, -0.1) is 0 Å². The Bertz CT molecular complexity index is 503. The Hall–Kier alpha value is -2.21. The number of ketones is 2. The molecule has 0 atom stereocenters. The normalized spacial score (nSPS) is 9.82. The van der Waals surface area contributed by atoms with Crippen molar-refractivity contribution in [2.24, 2.45) is 0 Å². The maximum atomic E-state index is 11.3. The van der Waals surface area contributed by atoms with Crippen molar-refractivity contribution in [1.82, 2.24) is 0 Å². The van der Waals surface area contributed by atoms with Crippen molar-refractivity contribution in [2.45, 2.75) is 13.8 Å². The number of aromatic hydroxyl groups is 1. The average molecular weight is 238 g/mol. The van der Waals surface area contributed by atoms with Gasteiger partial charge in [-0.3, -0.25) is 14.5 Å². The first-order valence-corrected chi connectivity index (χ1v) is 4.63. The number of Topliss-reactive ketones (excluding diaryl/α,β-unsaturated/α-hetero) is 2. The van der Waals surface area contributed by atoms with Crippen LogP contribution in [0, 0.1) is 0 Å². The predicted molar refractivity (Wildman–Crippen MR) is 56.2 cm³/mol. The lowest BCUT2D eigenvalue weighted by molar-refractivity contribution is -0.182. The van der Waals surface area contributed by atoms with Crippen molar-refractivity contribution in [1.29, 1.82) is 0 Å². The van der Waals surface area contributed by atoms with E-state index in [0.29, 0.717) is 0 Å². The van der Waals surface area contributed by atoms with Crippen LogP contribution in [0.5, 0.6) is 5.75 Å². The number of hydrogen-bond donors (Lipinski definition) is 2. The Labute approximate surface area is 96.4 Å². The summed E-state index contributed by atoms with van der Waals surface area (Å²) in [6.07, 6.45) is 0. The molecule has 17 heavy (non-hydrogen) atoms. The van der Waals surface area contributed by atoms with Crippen molar-refractivity contribution in [2.75, 3.05) is 0 Å². The molecule has 1 rings (SSSR count). The van der Waals surface area contributed by atoms with Gasteiger partial charge in [0.25, 0.3) is 0 Å². The highest BCUT2D eigenvalue weighted by Gasteiger charge is 2.23. The zero-order chi connectivity index (χ0) is 13.2. The standard InChI is InChI=1S/C11H10O6/c1-5(12)7-3-4-8(11(15)17-16)10(14)9(7)6(2)13/h3-4,14,16H,1-2H3. The van der Waals surface area contributed by atoms with E-state index in [1.165, 1.54) is 13.0 Å². The number of hydrogen-bond acceptors (Lipinski definition) is 6. The van der Waals surface area contributed by atoms with Crippen LogP contribution in [-0.2, 0) is 4.89 Å². The summed E-state index contributed by atoms with van der Waals surface area (Å²) in [5.41, 5.74) is -0.646. The van der Waals surface area contributed by atoms with Gasteiger partial charge in [0.1, 0.15) is 11.3 Å². The third-order valence-electron chi connectivity index (χ3n) is 2.21. The molecule has 0 aliphatic carbocycles. The van der Waals surface area contributed by atoms with E-state index in [2.05, 4.69) is 4.89 Å². The molecule has 0 radical (unpaired) electrons. The minimum absolute atomic E-state index is 0.00416. The summed E-state index contributed by atoms with van der Waals surface area (Å²) >= 11 is 0. The van der Waals surface area contributed by atoms with Crippen molar-refractivity contribution >= 4 is 17.5 Å². The molecule has 2 N–H and O–H groups in total. The smallest absolute Gasteiger partial charge is 0.376 e. The lowest BCUT2D eigenvalue weighted by atomic mass is 9.97. The van der Waals surface area contributed by atoms with Crippen LogP contribution in [0.4, 0.5) is 0 Å². The van der Waals surface area contributed by atoms with Crippen molar-refractivity contribution in [3.8, 4) is 5.75 Å². The Morgan fingerprint density at radius 2 is 1.59 bits per heavy atom. The highest BCUT2D eigenvalue weighted by molar-refractivity contribution is 6.11. The monoisotopic (exact) mass is 238 g/mol. The summed E-state index contributed by atoms with van der Waals surface area (Å²) in [6, 6.07) is 2.31. The van der Waals surface area contributed by atoms with E-state index in [0.717, 1.165) is 13.0 Å². The van der Waals surface area contributed by atoms with Crippen LogP contribution in [0.1, 0.15) is 44.9 Å². The zero-order valence-corrected chi connectivity index (χ0v) is 9.18. The quantitative estimate of drug-likeness (QED) is 0.469. The number of benzene rings is 1. The van der Waals surface area contributed by atoms with E-state index in [1.54, 1.807) is 0 Å². The zero-order valence-electron chi connectivity index (χ0n) is 9.18. The maximum Gasteiger partial charge on any atom is 0.376 e. The molecule has 0 aromatic heterocycles. The van der Waals surface area contributed by atoms with E-state index in [-0.39, 0.29) is 16.7 Å². The van der Waals surface area contributed by atoms with Crippen LogP contribution in [0.2, 0.25) is 0 Å². The fourth-order valence-electron chi connectivity index (χ4n) is 1.45. The van der Waals surface area contributed by atoms with Crippen LogP contribution >= 0.6 is 0 Å². The molecule has 90 valence electrons. The van der Waals surface area contributed by atoms with Gasteiger partial charge in [-0.05, 0) is 26.0 Å². The summed E-state index contributed by atoms with van der Waals surface area (Å²) in [5, 5.41) is 17.9.